The Bertz CT molecular complexity index is 481. The molecule has 5 nitrogen and oxygen atoms in total. The topological polar surface area (TPSA) is 73.6 Å². The Labute approximate surface area is 98.5 Å². The zero-order valence-corrected chi connectivity index (χ0v) is 9.05. The zero-order chi connectivity index (χ0) is 12.1. The molecule has 0 spiro atoms. The standard InChI is InChI=1S/C12H12N2O3/c13-14-12(15)4-2-1-3-9-5-6-10-11(7-9)17-8-16-10/h1-7H,8,13H2,(H,14,15)/b3-1+,4-2+. The first-order valence-corrected chi connectivity index (χ1v) is 5.04. The molecule has 0 bridgehead atoms. The summed E-state index contributed by atoms with van der Waals surface area (Å²) in [4.78, 5) is 10.8. The van der Waals surface area contributed by atoms with Crippen LogP contribution in [0.15, 0.2) is 36.4 Å². The molecule has 17 heavy (non-hydrogen) atoms. The summed E-state index contributed by atoms with van der Waals surface area (Å²) in [5, 5.41) is 0. The van der Waals surface area contributed by atoms with Crippen molar-refractivity contribution < 1.29 is 14.3 Å². The fourth-order valence-electron chi connectivity index (χ4n) is 1.37. The molecule has 2 rings (SSSR count). The number of rotatable bonds is 3. The van der Waals surface area contributed by atoms with Gasteiger partial charge in [0.25, 0.3) is 5.91 Å². The van der Waals surface area contributed by atoms with E-state index in [1.807, 2.05) is 29.7 Å². The van der Waals surface area contributed by atoms with Crippen LogP contribution in [-0.2, 0) is 4.79 Å². The molecule has 1 heterocycles. The largest absolute Gasteiger partial charge is 0.454 e. The molecule has 0 saturated heterocycles. The second-order valence-electron chi connectivity index (χ2n) is 3.34. The van der Waals surface area contributed by atoms with Gasteiger partial charge in [-0.25, -0.2) is 5.84 Å². The van der Waals surface area contributed by atoms with Crippen molar-refractivity contribution in [1.82, 2.24) is 5.43 Å². The molecule has 0 aliphatic carbocycles. The first-order valence-electron chi connectivity index (χ1n) is 5.04. The maximum Gasteiger partial charge on any atom is 0.257 e. The van der Waals surface area contributed by atoms with Crippen LogP contribution in [0.1, 0.15) is 5.56 Å². The normalized spacial score (nSPS) is 13.5. The van der Waals surface area contributed by atoms with Gasteiger partial charge in [-0.3, -0.25) is 10.2 Å². The van der Waals surface area contributed by atoms with Crippen molar-refractivity contribution in [2.75, 3.05) is 6.79 Å². The van der Waals surface area contributed by atoms with Crippen LogP contribution in [0.5, 0.6) is 11.5 Å². The van der Waals surface area contributed by atoms with Crippen molar-refractivity contribution in [2.45, 2.75) is 0 Å². The van der Waals surface area contributed by atoms with E-state index in [1.54, 1.807) is 12.2 Å². The fraction of sp³-hybridized carbons (Fsp3) is 0.0833. The Hall–Kier alpha value is -2.27. The lowest BCUT2D eigenvalue weighted by Crippen LogP contribution is -2.27. The van der Waals surface area contributed by atoms with Crippen LogP contribution in [0.2, 0.25) is 0 Å². The second kappa shape index (κ2) is 5.18. The van der Waals surface area contributed by atoms with Gasteiger partial charge in [0.2, 0.25) is 6.79 Å². The minimum Gasteiger partial charge on any atom is -0.454 e. The third-order valence-electron chi connectivity index (χ3n) is 2.19. The molecule has 3 N–H and O–H groups in total. The molecule has 0 saturated carbocycles. The zero-order valence-electron chi connectivity index (χ0n) is 9.05. The molecule has 0 unspecified atom stereocenters. The van der Waals surface area contributed by atoms with Crippen molar-refractivity contribution in [2.24, 2.45) is 5.84 Å². The van der Waals surface area contributed by atoms with E-state index in [4.69, 9.17) is 15.3 Å². The Balaban J connectivity index is 2.02. The molecule has 1 aliphatic heterocycles. The second-order valence-corrected chi connectivity index (χ2v) is 3.34. The highest BCUT2D eigenvalue weighted by molar-refractivity contribution is 5.87. The summed E-state index contributed by atoms with van der Waals surface area (Å²) in [6.07, 6.45) is 6.53. The first kappa shape index (κ1) is 11.2. The van der Waals surface area contributed by atoms with Gasteiger partial charge in [-0.15, -0.1) is 0 Å². The number of nitrogens with one attached hydrogen (secondary N) is 1. The van der Waals surface area contributed by atoms with Crippen molar-refractivity contribution >= 4 is 12.0 Å². The number of nitrogens with two attached hydrogens (primary N) is 1. The van der Waals surface area contributed by atoms with Crippen LogP contribution in [-0.4, -0.2) is 12.7 Å². The minimum absolute atomic E-state index is 0.263. The molecule has 5 heteroatoms. The van der Waals surface area contributed by atoms with Gasteiger partial charge < -0.3 is 9.47 Å². The summed E-state index contributed by atoms with van der Waals surface area (Å²) in [7, 11) is 0. The van der Waals surface area contributed by atoms with Gasteiger partial charge in [-0.05, 0) is 17.7 Å². The minimum atomic E-state index is -0.347. The molecular formula is C12H12N2O3. The monoisotopic (exact) mass is 232 g/mol. The lowest BCUT2D eigenvalue weighted by molar-refractivity contribution is -0.116. The molecule has 0 atom stereocenters. The van der Waals surface area contributed by atoms with Gasteiger partial charge >= 0.3 is 0 Å². The average Bonchev–Trinajstić information content (AvgIpc) is 2.81. The summed E-state index contributed by atoms with van der Waals surface area (Å²) in [6, 6.07) is 5.62. The maximum absolute atomic E-state index is 10.8. The average molecular weight is 232 g/mol. The number of carbonyl (C=O) groups is 1. The van der Waals surface area contributed by atoms with Crippen LogP contribution < -0.4 is 20.7 Å². The van der Waals surface area contributed by atoms with E-state index in [-0.39, 0.29) is 12.7 Å². The molecule has 1 aromatic carbocycles. The number of hydrogen-bond acceptors (Lipinski definition) is 4. The molecule has 0 radical (unpaired) electrons. The molecule has 1 aliphatic rings. The summed E-state index contributed by atoms with van der Waals surface area (Å²) < 4.78 is 10.4. The van der Waals surface area contributed by atoms with Crippen molar-refractivity contribution in [3.63, 3.8) is 0 Å². The summed E-state index contributed by atoms with van der Waals surface area (Å²) in [5.41, 5.74) is 2.97. The quantitative estimate of drug-likeness (QED) is 0.268. The SMILES string of the molecule is NNC(=O)/C=C/C=C/c1ccc2c(c1)OCO2. The number of hydrazine groups is 1. The lowest BCUT2D eigenvalue weighted by Gasteiger charge is -1.96. The van der Waals surface area contributed by atoms with Crippen molar-refractivity contribution in [1.29, 1.82) is 0 Å². The summed E-state index contributed by atoms with van der Waals surface area (Å²) in [5.74, 6) is 6.06. The highest BCUT2D eigenvalue weighted by atomic mass is 16.7. The van der Waals surface area contributed by atoms with Crippen molar-refractivity contribution in [3.8, 4) is 11.5 Å². The van der Waals surface area contributed by atoms with Gasteiger partial charge in [0.15, 0.2) is 11.5 Å². The molecule has 1 amide bonds. The predicted octanol–water partition coefficient (Wildman–Crippen LogP) is 0.975. The van der Waals surface area contributed by atoms with Gasteiger partial charge in [0.1, 0.15) is 0 Å². The summed E-state index contributed by atoms with van der Waals surface area (Å²) in [6.45, 7) is 0.263. The van der Waals surface area contributed by atoms with Crippen LogP contribution in [0, 0.1) is 0 Å². The number of carbonyl (C=O) groups excluding carboxylic acids is 1. The van der Waals surface area contributed by atoms with E-state index in [0.29, 0.717) is 0 Å². The van der Waals surface area contributed by atoms with E-state index in [9.17, 15) is 4.79 Å². The van der Waals surface area contributed by atoms with Crippen LogP contribution in [0.25, 0.3) is 6.08 Å². The molecule has 0 fully saturated rings. The number of fused-ring (bicyclic) bond motifs is 1. The Kier molecular flexibility index (Phi) is 3.42. The summed E-state index contributed by atoms with van der Waals surface area (Å²) >= 11 is 0. The Morgan fingerprint density at radius 2 is 2.12 bits per heavy atom. The van der Waals surface area contributed by atoms with Gasteiger partial charge in [-0.1, -0.05) is 24.3 Å². The number of allylic oxidation sites excluding steroid dienone is 2. The smallest absolute Gasteiger partial charge is 0.257 e. The highest BCUT2D eigenvalue weighted by Gasteiger charge is 2.11. The Morgan fingerprint density at radius 3 is 2.94 bits per heavy atom. The van der Waals surface area contributed by atoms with Crippen LogP contribution >= 0.6 is 0 Å². The van der Waals surface area contributed by atoms with Gasteiger partial charge in [-0.2, -0.15) is 0 Å². The van der Waals surface area contributed by atoms with Crippen LogP contribution in [0.4, 0.5) is 0 Å². The van der Waals surface area contributed by atoms with E-state index < -0.39 is 0 Å². The molecular weight excluding hydrogens is 220 g/mol. The third-order valence-corrected chi connectivity index (χ3v) is 2.19. The van der Waals surface area contributed by atoms with Gasteiger partial charge in [0.05, 0.1) is 0 Å². The molecule has 1 aromatic rings. The lowest BCUT2D eigenvalue weighted by atomic mass is 10.2. The van der Waals surface area contributed by atoms with Crippen LogP contribution in [0.3, 0.4) is 0 Å². The molecule has 88 valence electrons. The van der Waals surface area contributed by atoms with E-state index in [1.165, 1.54) is 6.08 Å². The maximum atomic E-state index is 10.8. The fourth-order valence-corrected chi connectivity index (χ4v) is 1.37. The predicted molar refractivity (Wildman–Crippen MR) is 63.1 cm³/mol. The van der Waals surface area contributed by atoms with E-state index in [0.717, 1.165) is 17.1 Å². The number of hydrogen-bond donors (Lipinski definition) is 2. The number of benzene rings is 1. The first-order chi connectivity index (χ1) is 8.29. The van der Waals surface area contributed by atoms with Gasteiger partial charge in [0, 0.05) is 6.08 Å². The van der Waals surface area contributed by atoms with E-state index in [2.05, 4.69) is 0 Å². The highest BCUT2D eigenvalue weighted by Crippen LogP contribution is 2.32. The Morgan fingerprint density at radius 1 is 1.29 bits per heavy atom. The third kappa shape index (κ3) is 2.85. The van der Waals surface area contributed by atoms with E-state index >= 15 is 0 Å². The molecule has 0 aromatic heterocycles. The number of amides is 1. The van der Waals surface area contributed by atoms with Crippen molar-refractivity contribution in [3.05, 3.63) is 42.0 Å². The number of ether oxygens (including phenoxy) is 2.